The van der Waals surface area contributed by atoms with Crippen molar-refractivity contribution in [2.75, 3.05) is 26.7 Å². The molecule has 0 fully saturated rings. The van der Waals surface area contributed by atoms with E-state index in [2.05, 4.69) is 45.4 Å². The van der Waals surface area contributed by atoms with Crippen molar-refractivity contribution in [2.24, 2.45) is 10.9 Å². The Kier molecular flexibility index (Phi) is 8.50. The van der Waals surface area contributed by atoms with Crippen LogP contribution in [0.2, 0.25) is 0 Å². The summed E-state index contributed by atoms with van der Waals surface area (Å²) in [4.78, 5) is 17.0. The monoisotopic (exact) mass is 310 g/mol. The van der Waals surface area contributed by atoms with Crippen LogP contribution in [-0.2, 0) is 11.2 Å². The number of aliphatic imine (C=N–C) groups is 1. The second kappa shape index (κ2) is 10.2. The van der Waals surface area contributed by atoms with E-state index in [0.29, 0.717) is 18.4 Å². The molecule has 0 aromatic carbocycles. The van der Waals surface area contributed by atoms with Crippen molar-refractivity contribution in [3.63, 3.8) is 0 Å². The third-order valence-corrected chi connectivity index (χ3v) is 3.86. The molecule has 0 bridgehead atoms. The first kappa shape index (κ1) is 17.5. The first-order valence-corrected chi connectivity index (χ1v) is 8.27. The maximum Gasteiger partial charge on any atom is 0.239 e. The van der Waals surface area contributed by atoms with Crippen LogP contribution < -0.4 is 16.0 Å². The third-order valence-electron chi connectivity index (χ3n) is 2.96. The van der Waals surface area contributed by atoms with E-state index in [9.17, 15) is 4.79 Å². The van der Waals surface area contributed by atoms with Crippen LogP contribution in [0.3, 0.4) is 0 Å². The van der Waals surface area contributed by atoms with Gasteiger partial charge in [-0.1, -0.05) is 19.9 Å². The summed E-state index contributed by atoms with van der Waals surface area (Å²) in [5, 5.41) is 11.2. The standard InChI is InChI=1S/C15H26N4OS/c1-4-7-17-14(20)11-19-15(16-3)18-10-12(2)9-13-6-5-8-21-13/h5-6,8,12H,4,7,9-11H2,1-3H3,(H,17,20)(H2,16,18,19). The Morgan fingerprint density at radius 2 is 2.19 bits per heavy atom. The van der Waals surface area contributed by atoms with Crippen LogP contribution in [0, 0.1) is 5.92 Å². The molecule has 1 rings (SSSR count). The Hall–Kier alpha value is -1.56. The average molecular weight is 310 g/mol. The summed E-state index contributed by atoms with van der Waals surface area (Å²) in [5.74, 6) is 1.17. The lowest BCUT2D eigenvalue weighted by atomic mass is 10.1. The van der Waals surface area contributed by atoms with E-state index < -0.39 is 0 Å². The van der Waals surface area contributed by atoms with Crippen LogP contribution in [0.5, 0.6) is 0 Å². The van der Waals surface area contributed by atoms with Gasteiger partial charge >= 0.3 is 0 Å². The second-order valence-corrected chi connectivity index (χ2v) is 6.08. The highest BCUT2D eigenvalue weighted by atomic mass is 32.1. The number of hydrogen-bond acceptors (Lipinski definition) is 3. The van der Waals surface area contributed by atoms with Crippen LogP contribution in [-0.4, -0.2) is 38.5 Å². The number of carbonyl (C=O) groups excluding carboxylic acids is 1. The van der Waals surface area contributed by atoms with E-state index in [1.165, 1.54) is 4.88 Å². The minimum Gasteiger partial charge on any atom is -0.356 e. The van der Waals surface area contributed by atoms with E-state index in [-0.39, 0.29) is 12.5 Å². The molecule has 0 aliphatic rings. The maximum absolute atomic E-state index is 11.5. The topological polar surface area (TPSA) is 65.5 Å². The highest BCUT2D eigenvalue weighted by Gasteiger charge is 2.07. The van der Waals surface area contributed by atoms with Gasteiger partial charge in [0.15, 0.2) is 5.96 Å². The summed E-state index contributed by atoms with van der Waals surface area (Å²) in [6.07, 6.45) is 2.00. The van der Waals surface area contributed by atoms with Crippen LogP contribution >= 0.6 is 11.3 Å². The van der Waals surface area contributed by atoms with E-state index in [0.717, 1.165) is 19.4 Å². The molecule has 0 saturated carbocycles. The van der Waals surface area contributed by atoms with Gasteiger partial charge in [-0.2, -0.15) is 0 Å². The molecule has 1 aromatic rings. The number of amides is 1. The molecule has 21 heavy (non-hydrogen) atoms. The number of rotatable bonds is 8. The Balaban J connectivity index is 2.23. The van der Waals surface area contributed by atoms with Gasteiger partial charge in [-0.25, -0.2) is 0 Å². The van der Waals surface area contributed by atoms with Crippen molar-refractivity contribution in [3.8, 4) is 0 Å². The third kappa shape index (κ3) is 7.70. The largest absolute Gasteiger partial charge is 0.356 e. The molecular formula is C15H26N4OS. The van der Waals surface area contributed by atoms with Gasteiger partial charge in [0.2, 0.25) is 5.91 Å². The lowest BCUT2D eigenvalue weighted by Crippen LogP contribution is -2.44. The number of nitrogens with zero attached hydrogens (tertiary/aromatic N) is 1. The molecule has 118 valence electrons. The summed E-state index contributed by atoms with van der Waals surface area (Å²) in [6, 6.07) is 4.24. The molecule has 1 heterocycles. The summed E-state index contributed by atoms with van der Waals surface area (Å²) in [6.45, 7) is 6.02. The predicted molar refractivity (Wildman–Crippen MR) is 89.9 cm³/mol. The van der Waals surface area contributed by atoms with Gasteiger partial charge in [0.25, 0.3) is 0 Å². The lowest BCUT2D eigenvalue weighted by Gasteiger charge is -2.15. The van der Waals surface area contributed by atoms with Gasteiger partial charge in [0, 0.05) is 25.0 Å². The Bertz CT molecular complexity index is 431. The molecule has 3 N–H and O–H groups in total. The lowest BCUT2D eigenvalue weighted by molar-refractivity contribution is -0.120. The Labute approximate surface area is 131 Å². The van der Waals surface area contributed by atoms with E-state index in [1.54, 1.807) is 18.4 Å². The molecule has 0 aliphatic carbocycles. The molecule has 0 saturated heterocycles. The van der Waals surface area contributed by atoms with E-state index >= 15 is 0 Å². The average Bonchev–Trinajstić information content (AvgIpc) is 2.98. The van der Waals surface area contributed by atoms with Crippen molar-refractivity contribution in [1.29, 1.82) is 0 Å². The smallest absolute Gasteiger partial charge is 0.239 e. The molecule has 1 amide bonds. The van der Waals surface area contributed by atoms with Crippen molar-refractivity contribution >= 4 is 23.2 Å². The fourth-order valence-electron chi connectivity index (χ4n) is 1.83. The van der Waals surface area contributed by atoms with Gasteiger partial charge < -0.3 is 16.0 Å². The van der Waals surface area contributed by atoms with Crippen molar-refractivity contribution in [2.45, 2.75) is 26.7 Å². The van der Waals surface area contributed by atoms with Gasteiger partial charge in [0.05, 0.1) is 6.54 Å². The molecule has 1 atom stereocenters. The minimum atomic E-state index is -0.00793. The molecule has 0 aliphatic heterocycles. The fourth-order valence-corrected chi connectivity index (χ4v) is 2.70. The number of nitrogens with one attached hydrogen (secondary N) is 3. The highest BCUT2D eigenvalue weighted by molar-refractivity contribution is 7.09. The van der Waals surface area contributed by atoms with Gasteiger partial charge in [-0.05, 0) is 30.2 Å². The summed E-state index contributed by atoms with van der Waals surface area (Å²) < 4.78 is 0. The quantitative estimate of drug-likeness (QED) is 0.505. The highest BCUT2D eigenvalue weighted by Crippen LogP contribution is 2.13. The number of hydrogen-bond donors (Lipinski definition) is 3. The fraction of sp³-hybridized carbons (Fsp3) is 0.600. The summed E-state index contributed by atoms with van der Waals surface area (Å²) in [5.41, 5.74) is 0. The first-order valence-electron chi connectivity index (χ1n) is 7.39. The molecule has 0 radical (unpaired) electrons. The zero-order valence-electron chi connectivity index (χ0n) is 13.1. The van der Waals surface area contributed by atoms with Crippen LogP contribution in [0.25, 0.3) is 0 Å². The second-order valence-electron chi connectivity index (χ2n) is 5.05. The first-order chi connectivity index (χ1) is 10.2. The molecular weight excluding hydrogens is 284 g/mol. The van der Waals surface area contributed by atoms with Gasteiger partial charge in [-0.15, -0.1) is 11.3 Å². The normalized spacial score (nSPS) is 12.8. The summed E-state index contributed by atoms with van der Waals surface area (Å²) >= 11 is 1.79. The van der Waals surface area contributed by atoms with E-state index in [1.807, 2.05) is 6.92 Å². The SMILES string of the molecule is CCCNC(=O)CNC(=NC)NCC(C)Cc1cccs1. The van der Waals surface area contributed by atoms with Gasteiger partial charge in [-0.3, -0.25) is 9.79 Å². The molecule has 5 nitrogen and oxygen atoms in total. The number of thiophene rings is 1. The van der Waals surface area contributed by atoms with E-state index in [4.69, 9.17) is 0 Å². The van der Waals surface area contributed by atoms with Crippen LogP contribution in [0.4, 0.5) is 0 Å². The predicted octanol–water partition coefficient (Wildman–Crippen LogP) is 1.62. The Morgan fingerprint density at radius 1 is 1.38 bits per heavy atom. The number of carbonyl (C=O) groups is 1. The minimum absolute atomic E-state index is 0.00793. The molecule has 0 spiro atoms. The molecule has 6 heteroatoms. The van der Waals surface area contributed by atoms with Crippen molar-refractivity contribution in [1.82, 2.24) is 16.0 Å². The Morgan fingerprint density at radius 3 is 2.81 bits per heavy atom. The van der Waals surface area contributed by atoms with Crippen LogP contribution in [0.15, 0.2) is 22.5 Å². The van der Waals surface area contributed by atoms with Crippen molar-refractivity contribution in [3.05, 3.63) is 22.4 Å². The molecule has 1 aromatic heterocycles. The van der Waals surface area contributed by atoms with Crippen molar-refractivity contribution < 1.29 is 4.79 Å². The zero-order chi connectivity index (χ0) is 15.5. The zero-order valence-corrected chi connectivity index (χ0v) is 13.9. The summed E-state index contributed by atoms with van der Waals surface area (Å²) in [7, 11) is 1.71. The van der Waals surface area contributed by atoms with Gasteiger partial charge in [0.1, 0.15) is 0 Å². The molecule has 1 unspecified atom stereocenters. The maximum atomic E-state index is 11.5. The van der Waals surface area contributed by atoms with Crippen LogP contribution in [0.1, 0.15) is 25.1 Å². The number of guanidine groups is 1.